The van der Waals surface area contributed by atoms with E-state index in [4.69, 9.17) is 0 Å². The second kappa shape index (κ2) is 7.68. The van der Waals surface area contributed by atoms with Crippen molar-refractivity contribution in [1.82, 2.24) is 14.9 Å². The highest BCUT2D eigenvalue weighted by Crippen LogP contribution is 2.26. The van der Waals surface area contributed by atoms with Gasteiger partial charge in [-0.15, -0.1) is 0 Å². The fraction of sp³-hybridized carbons (Fsp3) is 0.812. The highest BCUT2D eigenvalue weighted by molar-refractivity contribution is 4.91. The molecule has 1 N–H and O–H groups in total. The predicted octanol–water partition coefficient (Wildman–Crippen LogP) is 3.30. The second-order valence-electron chi connectivity index (χ2n) is 6.02. The lowest BCUT2D eigenvalue weighted by atomic mass is 9.95. The summed E-state index contributed by atoms with van der Waals surface area (Å²) in [5.41, 5.74) is 0. The molecular formula is C16H29N3. The molecule has 1 heterocycles. The van der Waals surface area contributed by atoms with E-state index in [9.17, 15) is 0 Å². The van der Waals surface area contributed by atoms with Gasteiger partial charge < -0.3 is 9.88 Å². The number of imidazole rings is 1. The maximum absolute atomic E-state index is 4.38. The lowest BCUT2D eigenvalue weighted by Crippen LogP contribution is -2.30. The van der Waals surface area contributed by atoms with Crippen molar-refractivity contribution in [3.05, 3.63) is 18.2 Å². The summed E-state index contributed by atoms with van der Waals surface area (Å²) in [6.07, 6.45) is 14.7. The van der Waals surface area contributed by atoms with Crippen LogP contribution in [0.2, 0.25) is 0 Å². The summed E-state index contributed by atoms with van der Waals surface area (Å²) in [7, 11) is 2.07. The number of nitrogens with zero attached hydrogens (tertiary/aromatic N) is 2. The van der Waals surface area contributed by atoms with Crippen LogP contribution in [0.1, 0.15) is 57.7 Å². The van der Waals surface area contributed by atoms with Crippen LogP contribution in [0.4, 0.5) is 0 Å². The minimum Gasteiger partial charge on any atom is -0.338 e. The van der Waals surface area contributed by atoms with Crippen molar-refractivity contribution in [2.75, 3.05) is 6.54 Å². The molecule has 0 saturated heterocycles. The monoisotopic (exact) mass is 263 g/mol. The third-order valence-corrected chi connectivity index (χ3v) is 4.49. The Labute approximate surface area is 117 Å². The summed E-state index contributed by atoms with van der Waals surface area (Å²) in [5.74, 6) is 2.18. The summed E-state index contributed by atoms with van der Waals surface area (Å²) < 4.78 is 2.12. The van der Waals surface area contributed by atoms with Crippen LogP contribution >= 0.6 is 0 Å². The SMILES string of the molecule is CCCC1CCCC(NCCc2nccn2C)CC1. The molecule has 2 unspecified atom stereocenters. The van der Waals surface area contributed by atoms with Crippen LogP contribution in [-0.4, -0.2) is 22.1 Å². The molecule has 0 amide bonds. The van der Waals surface area contributed by atoms with Gasteiger partial charge in [-0.05, 0) is 25.2 Å². The number of aromatic nitrogens is 2. The number of aryl methyl sites for hydroxylation is 1. The minimum atomic E-state index is 0.738. The average molecular weight is 263 g/mol. The van der Waals surface area contributed by atoms with Gasteiger partial charge in [0.15, 0.2) is 0 Å². The topological polar surface area (TPSA) is 29.9 Å². The standard InChI is InChI=1S/C16H29N3/c1-3-5-14-6-4-7-15(9-8-14)17-11-10-16-18-12-13-19(16)2/h12-15,17H,3-11H2,1-2H3. The summed E-state index contributed by atoms with van der Waals surface area (Å²) in [6.45, 7) is 3.38. The predicted molar refractivity (Wildman–Crippen MR) is 80.2 cm³/mol. The zero-order chi connectivity index (χ0) is 13.5. The first-order chi connectivity index (χ1) is 9.29. The highest BCUT2D eigenvalue weighted by atomic mass is 15.0. The van der Waals surface area contributed by atoms with Crippen molar-refractivity contribution >= 4 is 0 Å². The number of hydrogen-bond donors (Lipinski definition) is 1. The first-order valence-corrected chi connectivity index (χ1v) is 7.99. The largest absolute Gasteiger partial charge is 0.338 e. The summed E-state index contributed by atoms with van der Waals surface area (Å²) in [4.78, 5) is 4.38. The molecule has 0 aromatic carbocycles. The average Bonchev–Trinajstić information content (AvgIpc) is 2.68. The van der Waals surface area contributed by atoms with Crippen molar-refractivity contribution in [3.8, 4) is 0 Å². The molecule has 3 heteroatoms. The number of nitrogens with one attached hydrogen (secondary N) is 1. The van der Waals surface area contributed by atoms with Crippen LogP contribution in [0.3, 0.4) is 0 Å². The van der Waals surface area contributed by atoms with Crippen molar-refractivity contribution in [2.24, 2.45) is 13.0 Å². The molecule has 1 aliphatic rings. The van der Waals surface area contributed by atoms with Gasteiger partial charge >= 0.3 is 0 Å². The second-order valence-corrected chi connectivity index (χ2v) is 6.02. The first-order valence-electron chi connectivity index (χ1n) is 7.99. The van der Waals surface area contributed by atoms with Gasteiger partial charge in [0.25, 0.3) is 0 Å². The number of hydrogen-bond acceptors (Lipinski definition) is 2. The Morgan fingerprint density at radius 3 is 2.95 bits per heavy atom. The van der Waals surface area contributed by atoms with E-state index in [1.165, 1.54) is 50.8 Å². The van der Waals surface area contributed by atoms with Crippen molar-refractivity contribution < 1.29 is 0 Å². The van der Waals surface area contributed by atoms with Crippen molar-refractivity contribution in [2.45, 2.75) is 64.3 Å². The van der Waals surface area contributed by atoms with Gasteiger partial charge in [0.1, 0.15) is 5.82 Å². The summed E-state index contributed by atoms with van der Waals surface area (Å²) in [6, 6.07) is 0.738. The molecule has 3 nitrogen and oxygen atoms in total. The van der Waals surface area contributed by atoms with Crippen LogP contribution in [0.25, 0.3) is 0 Å². The molecule has 0 radical (unpaired) electrons. The van der Waals surface area contributed by atoms with E-state index in [0.29, 0.717) is 0 Å². The molecule has 1 fully saturated rings. The lowest BCUT2D eigenvalue weighted by molar-refractivity contribution is 0.410. The Morgan fingerprint density at radius 2 is 2.21 bits per heavy atom. The fourth-order valence-electron chi connectivity index (χ4n) is 3.31. The van der Waals surface area contributed by atoms with E-state index in [0.717, 1.165) is 24.9 Å². The van der Waals surface area contributed by atoms with E-state index in [2.05, 4.69) is 28.8 Å². The van der Waals surface area contributed by atoms with Crippen molar-refractivity contribution in [1.29, 1.82) is 0 Å². The number of rotatable bonds is 6. The molecule has 2 rings (SSSR count). The van der Waals surface area contributed by atoms with Gasteiger partial charge in [-0.3, -0.25) is 0 Å². The molecule has 19 heavy (non-hydrogen) atoms. The van der Waals surface area contributed by atoms with Crippen molar-refractivity contribution in [3.63, 3.8) is 0 Å². The molecule has 0 bridgehead atoms. The van der Waals surface area contributed by atoms with E-state index in [1.54, 1.807) is 0 Å². The maximum atomic E-state index is 4.38. The minimum absolute atomic E-state index is 0.738. The van der Waals surface area contributed by atoms with Crippen LogP contribution in [0.15, 0.2) is 12.4 Å². The molecule has 2 atom stereocenters. The third-order valence-electron chi connectivity index (χ3n) is 4.49. The third kappa shape index (κ3) is 4.64. The van der Waals surface area contributed by atoms with E-state index in [-0.39, 0.29) is 0 Å². The Bertz CT molecular complexity index is 359. The first kappa shape index (κ1) is 14.6. The zero-order valence-corrected chi connectivity index (χ0v) is 12.6. The van der Waals surface area contributed by atoms with Gasteiger partial charge in [0.2, 0.25) is 0 Å². The fourth-order valence-corrected chi connectivity index (χ4v) is 3.31. The maximum Gasteiger partial charge on any atom is 0.109 e. The summed E-state index contributed by atoms with van der Waals surface area (Å²) in [5, 5.41) is 3.74. The van der Waals surface area contributed by atoms with Gasteiger partial charge in [-0.25, -0.2) is 4.98 Å². The van der Waals surface area contributed by atoms with Gasteiger partial charge in [-0.2, -0.15) is 0 Å². The van der Waals surface area contributed by atoms with E-state index >= 15 is 0 Å². The quantitative estimate of drug-likeness (QED) is 0.798. The van der Waals surface area contributed by atoms with Crippen LogP contribution < -0.4 is 5.32 Å². The molecule has 0 spiro atoms. The van der Waals surface area contributed by atoms with Gasteiger partial charge in [-0.1, -0.05) is 32.6 Å². The van der Waals surface area contributed by atoms with Gasteiger partial charge in [0.05, 0.1) is 0 Å². The molecule has 1 aromatic rings. The molecule has 1 saturated carbocycles. The molecule has 1 aromatic heterocycles. The highest BCUT2D eigenvalue weighted by Gasteiger charge is 2.17. The van der Waals surface area contributed by atoms with Crippen LogP contribution in [0.5, 0.6) is 0 Å². The molecule has 108 valence electrons. The Balaban J connectivity index is 1.67. The molecule has 1 aliphatic carbocycles. The van der Waals surface area contributed by atoms with Crippen LogP contribution in [0, 0.1) is 5.92 Å². The van der Waals surface area contributed by atoms with E-state index < -0.39 is 0 Å². The van der Waals surface area contributed by atoms with Gasteiger partial charge in [0, 0.05) is 38.4 Å². The Kier molecular flexibility index (Phi) is 5.90. The van der Waals surface area contributed by atoms with E-state index in [1.807, 2.05) is 12.4 Å². The summed E-state index contributed by atoms with van der Waals surface area (Å²) >= 11 is 0. The lowest BCUT2D eigenvalue weighted by Gasteiger charge is -2.16. The Morgan fingerprint density at radius 1 is 1.32 bits per heavy atom. The molecular weight excluding hydrogens is 234 g/mol. The Hall–Kier alpha value is -0.830. The normalized spacial score (nSPS) is 24.3. The molecule has 0 aliphatic heterocycles. The zero-order valence-electron chi connectivity index (χ0n) is 12.6. The van der Waals surface area contributed by atoms with Crippen LogP contribution in [-0.2, 0) is 13.5 Å². The smallest absolute Gasteiger partial charge is 0.109 e.